The zero-order chi connectivity index (χ0) is 18.9. The number of halogens is 1. The summed E-state index contributed by atoms with van der Waals surface area (Å²) in [6, 6.07) is 15.9. The maximum absolute atomic E-state index is 12.4. The van der Waals surface area contributed by atoms with Crippen molar-refractivity contribution in [2.24, 2.45) is 0 Å². The molecule has 0 spiro atoms. The minimum absolute atomic E-state index is 0.0598. The number of benzene rings is 2. The Morgan fingerprint density at radius 1 is 1.27 bits per heavy atom. The third-order valence-corrected chi connectivity index (χ3v) is 4.53. The fraction of sp³-hybridized carbons (Fsp3) is 0.238. The highest BCUT2D eigenvalue weighted by molar-refractivity contribution is 9.10. The molecule has 5 heteroatoms. The summed E-state index contributed by atoms with van der Waals surface area (Å²) in [7, 11) is 0. The molecule has 26 heavy (non-hydrogen) atoms. The minimum Gasteiger partial charge on any atom is -0.389 e. The first-order valence-corrected chi connectivity index (χ1v) is 9.32. The average Bonchev–Trinajstić information content (AvgIpc) is 2.63. The molecule has 2 aromatic carbocycles. The summed E-state index contributed by atoms with van der Waals surface area (Å²) >= 11 is 3.45. The lowest BCUT2D eigenvalue weighted by molar-refractivity contribution is -0.112. The highest BCUT2D eigenvalue weighted by Gasteiger charge is 2.12. The van der Waals surface area contributed by atoms with Crippen molar-refractivity contribution >= 4 is 27.5 Å². The van der Waals surface area contributed by atoms with Crippen molar-refractivity contribution in [2.75, 3.05) is 11.9 Å². The van der Waals surface area contributed by atoms with Gasteiger partial charge in [0.15, 0.2) is 0 Å². The Kier molecular flexibility index (Phi) is 7.43. The average molecular weight is 412 g/mol. The Morgan fingerprint density at radius 3 is 2.73 bits per heavy atom. The van der Waals surface area contributed by atoms with Gasteiger partial charge in [-0.25, -0.2) is 0 Å². The summed E-state index contributed by atoms with van der Waals surface area (Å²) in [5, 5.41) is 15.2. The fourth-order valence-corrected chi connectivity index (χ4v) is 3.06. The molecule has 134 valence electrons. The number of aryl methyl sites for hydroxylation is 2. The zero-order valence-electron chi connectivity index (χ0n) is 15.0. The highest BCUT2D eigenvalue weighted by Crippen LogP contribution is 2.21. The molecule has 0 aliphatic heterocycles. The van der Waals surface area contributed by atoms with E-state index in [1.807, 2.05) is 62.4 Å². The van der Waals surface area contributed by atoms with Crippen LogP contribution in [0.2, 0.25) is 0 Å². The maximum Gasteiger partial charge on any atom is 0.267 e. The second-order valence-electron chi connectivity index (χ2n) is 5.92. The smallest absolute Gasteiger partial charge is 0.267 e. The first kappa shape index (κ1) is 19.7. The summed E-state index contributed by atoms with van der Waals surface area (Å²) < 4.78 is 1.03. The number of carbonyl (C=O) groups is 1. The summed E-state index contributed by atoms with van der Waals surface area (Å²) in [5.41, 5.74) is 4.06. The third-order valence-electron chi connectivity index (χ3n) is 4.04. The van der Waals surface area contributed by atoms with E-state index in [1.54, 1.807) is 0 Å². The number of amides is 1. The summed E-state index contributed by atoms with van der Waals surface area (Å²) in [6.45, 7) is 4.62. The highest BCUT2D eigenvalue weighted by atomic mass is 79.9. The van der Waals surface area contributed by atoms with Gasteiger partial charge in [0.1, 0.15) is 11.6 Å². The molecule has 0 atom stereocenters. The van der Waals surface area contributed by atoms with Crippen molar-refractivity contribution in [3.05, 3.63) is 75.4 Å². The number of nitriles is 1. The van der Waals surface area contributed by atoms with Crippen molar-refractivity contribution in [1.29, 1.82) is 5.26 Å². The lowest BCUT2D eigenvalue weighted by Gasteiger charge is -2.12. The lowest BCUT2D eigenvalue weighted by Crippen LogP contribution is -2.19. The van der Waals surface area contributed by atoms with Gasteiger partial charge < -0.3 is 10.6 Å². The molecule has 0 radical (unpaired) electrons. The Labute approximate surface area is 163 Å². The van der Waals surface area contributed by atoms with Crippen LogP contribution in [0, 0.1) is 18.3 Å². The van der Waals surface area contributed by atoms with Crippen molar-refractivity contribution in [1.82, 2.24) is 5.32 Å². The van der Waals surface area contributed by atoms with Crippen LogP contribution in [0.5, 0.6) is 0 Å². The number of hydrogen-bond donors (Lipinski definition) is 2. The van der Waals surface area contributed by atoms with Gasteiger partial charge in [-0.1, -0.05) is 53.2 Å². The molecule has 4 nitrogen and oxygen atoms in total. The number of nitrogens with zero attached hydrogens (tertiary/aromatic N) is 1. The molecule has 0 bridgehead atoms. The number of nitrogens with one attached hydrogen (secondary N) is 2. The molecule has 0 aromatic heterocycles. The predicted molar refractivity (Wildman–Crippen MR) is 109 cm³/mol. The molecule has 0 heterocycles. The van der Waals surface area contributed by atoms with Crippen LogP contribution in [0.25, 0.3) is 0 Å². The molecule has 2 rings (SSSR count). The fourth-order valence-electron chi connectivity index (χ4n) is 2.61. The maximum atomic E-state index is 12.4. The second-order valence-corrected chi connectivity index (χ2v) is 6.84. The molecule has 0 saturated heterocycles. The number of hydrogen-bond acceptors (Lipinski definition) is 3. The Balaban J connectivity index is 1.98. The molecule has 2 aromatic rings. The van der Waals surface area contributed by atoms with Crippen molar-refractivity contribution in [2.45, 2.75) is 26.7 Å². The summed E-state index contributed by atoms with van der Waals surface area (Å²) in [4.78, 5) is 12.4. The van der Waals surface area contributed by atoms with Gasteiger partial charge >= 0.3 is 0 Å². The Bertz CT molecular complexity index is 853. The molecule has 2 N–H and O–H groups in total. The molecular formula is C21H22BrN3O. The van der Waals surface area contributed by atoms with E-state index in [0.29, 0.717) is 6.54 Å². The number of rotatable bonds is 7. The van der Waals surface area contributed by atoms with Crippen LogP contribution >= 0.6 is 15.9 Å². The number of para-hydroxylation sites is 1. The molecular weight excluding hydrogens is 390 g/mol. The first-order chi connectivity index (χ1) is 12.5. The molecule has 0 aliphatic carbocycles. The Hall–Kier alpha value is -2.58. The van der Waals surface area contributed by atoms with Gasteiger partial charge in [-0.3, -0.25) is 4.79 Å². The largest absolute Gasteiger partial charge is 0.389 e. The van der Waals surface area contributed by atoms with Gasteiger partial charge in [0, 0.05) is 22.9 Å². The summed E-state index contributed by atoms with van der Waals surface area (Å²) in [6.07, 6.45) is 3.10. The number of carbonyl (C=O) groups excluding carboxylic acids is 1. The van der Waals surface area contributed by atoms with Crippen molar-refractivity contribution in [3.63, 3.8) is 0 Å². The zero-order valence-corrected chi connectivity index (χ0v) is 16.6. The van der Waals surface area contributed by atoms with Gasteiger partial charge in [-0.2, -0.15) is 5.26 Å². The van der Waals surface area contributed by atoms with Crippen molar-refractivity contribution < 1.29 is 4.79 Å². The molecule has 0 saturated carbocycles. The third kappa shape index (κ3) is 5.47. The van der Waals surface area contributed by atoms with E-state index in [-0.39, 0.29) is 5.57 Å². The standard InChI is InChI=1S/C21H22BrN3O/c1-3-17-8-4-6-15(2)20(17)25-21(26)18(13-23)14-24-11-10-16-7-5-9-19(22)12-16/h4-9,12,14,24H,3,10-11H2,1-2H3,(H,25,26)/b18-14-. The first-order valence-electron chi connectivity index (χ1n) is 8.53. The van der Waals surface area contributed by atoms with E-state index in [4.69, 9.17) is 0 Å². The van der Waals surface area contributed by atoms with Crippen LogP contribution in [0.3, 0.4) is 0 Å². The van der Waals surface area contributed by atoms with Gasteiger partial charge in [0.2, 0.25) is 0 Å². The van der Waals surface area contributed by atoms with Crippen LogP contribution in [-0.4, -0.2) is 12.5 Å². The van der Waals surface area contributed by atoms with Crippen LogP contribution in [0.1, 0.15) is 23.6 Å². The summed E-state index contributed by atoms with van der Waals surface area (Å²) in [5.74, 6) is -0.397. The van der Waals surface area contributed by atoms with Gasteiger partial charge in [-0.15, -0.1) is 0 Å². The number of anilines is 1. The topological polar surface area (TPSA) is 64.9 Å². The normalized spacial score (nSPS) is 10.9. The Morgan fingerprint density at radius 2 is 2.04 bits per heavy atom. The van der Waals surface area contributed by atoms with Gasteiger partial charge in [-0.05, 0) is 48.6 Å². The van der Waals surface area contributed by atoms with Crippen LogP contribution in [0.15, 0.2) is 58.7 Å². The SMILES string of the molecule is CCc1cccc(C)c1NC(=O)/C(C#N)=C\NCCc1cccc(Br)c1. The van der Waals surface area contributed by atoms with E-state index in [9.17, 15) is 10.1 Å². The minimum atomic E-state index is -0.397. The van der Waals surface area contributed by atoms with E-state index in [0.717, 1.165) is 34.1 Å². The molecule has 0 aliphatic rings. The molecule has 0 unspecified atom stereocenters. The van der Waals surface area contributed by atoms with E-state index in [2.05, 4.69) is 26.6 Å². The monoisotopic (exact) mass is 411 g/mol. The van der Waals surface area contributed by atoms with E-state index in [1.165, 1.54) is 11.8 Å². The van der Waals surface area contributed by atoms with Crippen LogP contribution in [-0.2, 0) is 17.6 Å². The predicted octanol–water partition coefficient (Wildman–Crippen LogP) is 4.50. The van der Waals surface area contributed by atoms with Gasteiger partial charge in [0.05, 0.1) is 0 Å². The molecule has 0 fully saturated rings. The lowest BCUT2D eigenvalue weighted by atomic mass is 10.1. The second kappa shape index (κ2) is 9.79. The van der Waals surface area contributed by atoms with E-state index < -0.39 is 5.91 Å². The molecule has 1 amide bonds. The van der Waals surface area contributed by atoms with E-state index >= 15 is 0 Å². The van der Waals surface area contributed by atoms with Crippen LogP contribution in [0.4, 0.5) is 5.69 Å². The van der Waals surface area contributed by atoms with Crippen LogP contribution < -0.4 is 10.6 Å². The van der Waals surface area contributed by atoms with Crippen molar-refractivity contribution in [3.8, 4) is 6.07 Å². The quantitative estimate of drug-likeness (QED) is 0.400. The van der Waals surface area contributed by atoms with Gasteiger partial charge in [0.25, 0.3) is 5.91 Å².